The second-order valence-electron chi connectivity index (χ2n) is 4.31. The van der Waals surface area contributed by atoms with Crippen molar-refractivity contribution in [3.05, 3.63) is 59.4 Å². The Hall–Kier alpha value is -2.20. The zero-order chi connectivity index (χ0) is 14.2. The summed E-state index contributed by atoms with van der Waals surface area (Å²) in [6.07, 6.45) is 3.35. The number of nitrogens with zero attached hydrogens (tertiary/aromatic N) is 1. The van der Waals surface area contributed by atoms with E-state index in [0.29, 0.717) is 18.8 Å². The van der Waals surface area contributed by atoms with Gasteiger partial charge in [0.1, 0.15) is 12.0 Å². The number of pyridine rings is 1. The molecular weight excluding hydrogens is 254 g/mol. The molecule has 4 nitrogen and oxygen atoms in total. The van der Waals surface area contributed by atoms with Gasteiger partial charge in [-0.3, -0.25) is 9.78 Å². The summed E-state index contributed by atoms with van der Waals surface area (Å²) in [6.45, 7) is 0.989. The number of aromatic nitrogens is 1. The van der Waals surface area contributed by atoms with E-state index >= 15 is 0 Å². The number of aldehydes is 1. The van der Waals surface area contributed by atoms with Crippen LogP contribution in [-0.2, 0) is 17.8 Å². The molecule has 0 saturated heterocycles. The first kappa shape index (κ1) is 14.2. The Labute approximate surface area is 118 Å². The van der Waals surface area contributed by atoms with Gasteiger partial charge in [-0.1, -0.05) is 6.07 Å². The third-order valence-electron chi connectivity index (χ3n) is 2.93. The highest BCUT2D eigenvalue weighted by molar-refractivity contribution is 5.75. The zero-order valence-electron chi connectivity index (χ0n) is 11.4. The summed E-state index contributed by atoms with van der Waals surface area (Å²) in [5.41, 5.74) is 2.49. The first-order valence-corrected chi connectivity index (χ1v) is 6.43. The van der Waals surface area contributed by atoms with Gasteiger partial charge in [0.15, 0.2) is 0 Å². The topological polar surface area (TPSA) is 48.4 Å². The van der Waals surface area contributed by atoms with E-state index in [2.05, 4.69) is 4.98 Å². The van der Waals surface area contributed by atoms with Gasteiger partial charge in [0.2, 0.25) is 0 Å². The number of carbonyl (C=O) groups is 1. The smallest absolute Gasteiger partial charge is 0.150 e. The maximum Gasteiger partial charge on any atom is 0.150 e. The molecule has 4 heteroatoms. The number of methoxy groups -OCH3 is 1. The predicted molar refractivity (Wildman–Crippen MR) is 76.0 cm³/mol. The summed E-state index contributed by atoms with van der Waals surface area (Å²) in [4.78, 5) is 15.0. The van der Waals surface area contributed by atoms with Crippen molar-refractivity contribution in [2.45, 2.75) is 13.0 Å². The normalized spacial score (nSPS) is 10.2. The molecule has 1 aromatic carbocycles. The van der Waals surface area contributed by atoms with E-state index in [9.17, 15) is 4.79 Å². The van der Waals surface area contributed by atoms with Gasteiger partial charge in [-0.2, -0.15) is 0 Å². The molecule has 20 heavy (non-hydrogen) atoms. The molecule has 2 rings (SSSR count). The van der Waals surface area contributed by atoms with Gasteiger partial charge in [0.05, 0.1) is 20.3 Å². The van der Waals surface area contributed by atoms with Crippen LogP contribution in [0.15, 0.2) is 42.6 Å². The van der Waals surface area contributed by atoms with E-state index in [1.165, 1.54) is 0 Å². The van der Waals surface area contributed by atoms with Crippen molar-refractivity contribution in [1.29, 1.82) is 0 Å². The quantitative estimate of drug-likeness (QED) is 0.574. The summed E-state index contributed by atoms with van der Waals surface area (Å²) >= 11 is 0. The lowest BCUT2D eigenvalue weighted by Gasteiger charge is -2.09. The van der Waals surface area contributed by atoms with Gasteiger partial charge in [-0.25, -0.2) is 0 Å². The second kappa shape index (κ2) is 7.40. The molecule has 0 amide bonds. The molecule has 0 atom stereocenters. The van der Waals surface area contributed by atoms with E-state index in [1.807, 2.05) is 18.2 Å². The third-order valence-corrected chi connectivity index (χ3v) is 2.93. The first-order chi connectivity index (χ1) is 9.83. The molecule has 0 saturated carbocycles. The summed E-state index contributed by atoms with van der Waals surface area (Å²) in [5.74, 6) is 0.730. The summed E-state index contributed by atoms with van der Waals surface area (Å²) in [5, 5.41) is 0. The maximum atomic E-state index is 10.8. The maximum absolute atomic E-state index is 10.8. The SMILES string of the molecule is COc1ccc(C=O)cc1COCCc1ccccn1. The fourth-order valence-electron chi connectivity index (χ4n) is 1.89. The molecule has 0 aliphatic carbocycles. The van der Waals surface area contributed by atoms with E-state index in [4.69, 9.17) is 9.47 Å². The molecule has 0 fully saturated rings. The van der Waals surface area contributed by atoms with Crippen LogP contribution >= 0.6 is 0 Å². The van der Waals surface area contributed by atoms with Crippen LogP contribution in [0.1, 0.15) is 21.6 Å². The third kappa shape index (κ3) is 3.90. The lowest BCUT2D eigenvalue weighted by Crippen LogP contribution is -2.02. The monoisotopic (exact) mass is 271 g/mol. The van der Waals surface area contributed by atoms with Gasteiger partial charge >= 0.3 is 0 Å². The number of benzene rings is 1. The number of ether oxygens (including phenoxy) is 2. The van der Waals surface area contributed by atoms with Crippen molar-refractivity contribution < 1.29 is 14.3 Å². The molecule has 2 aromatic rings. The fourth-order valence-corrected chi connectivity index (χ4v) is 1.89. The molecular formula is C16H17NO3. The number of hydrogen-bond acceptors (Lipinski definition) is 4. The highest BCUT2D eigenvalue weighted by atomic mass is 16.5. The molecule has 104 valence electrons. The average Bonchev–Trinajstić information content (AvgIpc) is 2.52. The molecule has 1 aromatic heterocycles. The molecule has 0 bridgehead atoms. The van der Waals surface area contributed by atoms with Crippen molar-refractivity contribution in [2.75, 3.05) is 13.7 Å². The van der Waals surface area contributed by atoms with Crippen molar-refractivity contribution in [2.24, 2.45) is 0 Å². The molecule has 0 aliphatic heterocycles. The number of hydrogen-bond donors (Lipinski definition) is 0. The van der Waals surface area contributed by atoms with Crippen LogP contribution < -0.4 is 4.74 Å². The van der Waals surface area contributed by atoms with E-state index in [-0.39, 0.29) is 0 Å². The average molecular weight is 271 g/mol. The largest absolute Gasteiger partial charge is 0.496 e. The highest BCUT2D eigenvalue weighted by Crippen LogP contribution is 2.20. The molecule has 0 unspecified atom stereocenters. The van der Waals surface area contributed by atoms with Crippen LogP contribution in [-0.4, -0.2) is 25.0 Å². The molecule has 0 N–H and O–H groups in total. The highest BCUT2D eigenvalue weighted by Gasteiger charge is 2.04. The van der Waals surface area contributed by atoms with Crippen molar-refractivity contribution in [3.8, 4) is 5.75 Å². The van der Waals surface area contributed by atoms with E-state index < -0.39 is 0 Å². The Bertz CT molecular complexity index is 555. The van der Waals surface area contributed by atoms with Crippen LogP contribution in [0.25, 0.3) is 0 Å². The standard InChI is InChI=1S/C16H17NO3/c1-19-16-6-5-13(11-18)10-14(16)12-20-9-7-15-4-2-3-8-17-15/h2-6,8,10-11H,7,9,12H2,1H3. The van der Waals surface area contributed by atoms with Gasteiger partial charge in [-0.15, -0.1) is 0 Å². The Morgan fingerprint density at radius 3 is 2.85 bits per heavy atom. The lowest BCUT2D eigenvalue weighted by atomic mass is 10.1. The minimum absolute atomic E-state index is 0.414. The zero-order valence-corrected chi connectivity index (χ0v) is 11.4. The van der Waals surface area contributed by atoms with Gasteiger partial charge in [0, 0.05) is 29.4 Å². The van der Waals surface area contributed by atoms with E-state index in [1.54, 1.807) is 31.5 Å². The first-order valence-electron chi connectivity index (χ1n) is 6.43. The van der Waals surface area contributed by atoms with Crippen molar-refractivity contribution in [1.82, 2.24) is 4.98 Å². The number of rotatable bonds is 7. The minimum Gasteiger partial charge on any atom is -0.496 e. The van der Waals surface area contributed by atoms with E-state index in [0.717, 1.165) is 29.7 Å². The lowest BCUT2D eigenvalue weighted by molar-refractivity contribution is 0.112. The Balaban J connectivity index is 1.88. The van der Waals surface area contributed by atoms with Crippen LogP contribution in [0.2, 0.25) is 0 Å². The minimum atomic E-state index is 0.414. The number of carbonyl (C=O) groups excluding carboxylic acids is 1. The predicted octanol–water partition coefficient (Wildman–Crippen LogP) is 2.66. The van der Waals surface area contributed by atoms with Gasteiger partial charge < -0.3 is 9.47 Å². The van der Waals surface area contributed by atoms with Crippen LogP contribution in [0.5, 0.6) is 5.75 Å². The fraction of sp³-hybridized carbons (Fsp3) is 0.250. The molecule has 0 aliphatic rings. The van der Waals surface area contributed by atoms with Crippen LogP contribution in [0, 0.1) is 0 Å². The van der Waals surface area contributed by atoms with Crippen LogP contribution in [0.4, 0.5) is 0 Å². The summed E-state index contributed by atoms with van der Waals surface area (Å²) in [6, 6.07) is 11.1. The van der Waals surface area contributed by atoms with Crippen LogP contribution in [0.3, 0.4) is 0 Å². The van der Waals surface area contributed by atoms with Gasteiger partial charge in [-0.05, 0) is 30.3 Å². The van der Waals surface area contributed by atoms with Crippen molar-refractivity contribution in [3.63, 3.8) is 0 Å². The summed E-state index contributed by atoms with van der Waals surface area (Å²) in [7, 11) is 1.60. The Morgan fingerprint density at radius 2 is 2.15 bits per heavy atom. The summed E-state index contributed by atoms with van der Waals surface area (Å²) < 4.78 is 10.9. The van der Waals surface area contributed by atoms with Gasteiger partial charge in [0.25, 0.3) is 0 Å². The van der Waals surface area contributed by atoms with Crippen molar-refractivity contribution >= 4 is 6.29 Å². The second-order valence-corrected chi connectivity index (χ2v) is 4.31. The molecule has 0 radical (unpaired) electrons. The Morgan fingerprint density at radius 1 is 1.25 bits per heavy atom. The molecule has 1 heterocycles. The Kier molecular flexibility index (Phi) is 5.26. The molecule has 0 spiro atoms.